The van der Waals surface area contributed by atoms with Crippen LogP contribution in [0.2, 0.25) is 5.02 Å². The fraction of sp³-hybridized carbons (Fsp3) is 0.321. The maximum Gasteiger partial charge on any atom is 0.259 e. The molecule has 202 valence electrons. The molecule has 11 heteroatoms. The highest BCUT2D eigenvalue weighted by atomic mass is 35.5. The van der Waals surface area contributed by atoms with Crippen LogP contribution in [-0.2, 0) is 6.54 Å². The number of aromatic amines is 1. The summed E-state index contributed by atoms with van der Waals surface area (Å²) in [5, 5.41) is 5.26. The molecule has 0 radical (unpaired) electrons. The lowest BCUT2D eigenvalue weighted by molar-refractivity contribution is 0.0667. The molecule has 0 unspecified atom stereocenters. The molecule has 1 saturated carbocycles. The number of carbonyl (C=O) groups is 1. The van der Waals surface area contributed by atoms with Crippen LogP contribution in [-0.4, -0.2) is 62.3 Å². The van der Waals surface area contributed by atoms with Crippen molar-refractivity contribution < 1.29 is 14.3 Å². The molecule has 5 rings (SSSR count). The van der Waals surface area contributed by atoms with Crippen LogP contribution < -0.4 is 15.0 Å². The molecule has 10 nitrogen and oxygen atoms in total. The first kappa shape index (κ1) is 26.4. The molecule has 0 bridgehead atoms. The van der Waals surface area contributed by atoms with Crippen molar-refractivity contribution in [3.8, 4) is 34.4 Å². The molecule has 3 aromatic heterocycles. The van der Waals surface area contributed by atoms with Crippen molar-refractivity contribution in [2.45, 2.75) is 38.3 Å². The Morgan fingerprint density at radius 1 is 1.08 bits per heavy atom. The third-order valence-electron chi connectivity index (χ3n) is 6.92. The average molecular weight is 549 g/mol. The molecular formula is C28H29ClN6O4. The van der Waals surface area contributed by atoms with Gasteiger partial charge in [-0.2, -0.15) is 5.10 Å². The van der Waals surface area contributed by atoms with Gasteiger partial charge < -0.3 is 14.4 Å². The van der Waals surface area contributed by atoms with Crippen LogP contribution in [0.1, 0.15) is 36.0 Å². The number of nitrogens with one attached hydrogen (secondary N) is 1. The maximum atomic E-state index is 13.8. The summed E-state index contributed by atoms with van der Waals surface area (Å²) in [5.41, 5.74) is 1.59. The van der Waals surface area contributed by atoms with E-state index in [4.69, 9.17) is 31.2 Å². The highest BCUT2D eigenvalue weighted by molar-refractivity contribution is 6.32. The number of benzene rings is 1. The van der Waals surface area contributed by atoms with Crippen molar-refractivity contribution in [2.75, 3.05) is 20.8 Å². The first-order chi connectivity index (χ1) is 19.0. The fourth-order valence-electron chi connectivity index (χ4n) is 4.95. The lowest BCUT2D eigenvalue weighted by atomic mass is 10.1. The number of hydrogen-bond donors (Lipinski definition) is 1. The summed E-state index contributed by atoms with van der Waals surface area (Å²) in [6, 6.07) is 12.1. The molecule has 1 aliphatic carbocycles. The molecule has 39 heavy (non-hydrogen) atoms. The van der Waals surface area contributed by atoms with Gasteiger partial charge in [-0.05, 0) is 49.2 Å². The predicted molar refractivity (Wildman–Crippen MR) is 147 cm³/mol. The van der Waals surface area contributed by atoms with Gasteiger partial charge in [-0.15, -0.1) is 0 Å². The Bertz CT molecular complexity index is 1510. The molecule has 0 saturated heterocycles. The number of rotatable bonds is 9. The van der Waals surface area contributed by atoms with Crippen LogP contribution in [0.4, 0.5) is 0 Å². The molecule has 1 N–H and O–H groups in total. The summed E-state index contributed by atoms with van der Waals surface area (Å²) >= 11 is 6.44. The average Bonchev–Trinajstić information content (AvgIpc) is 3.64. The number of ether oxygens (including phenoxy) is 2. The van der Waals surface area contributed by atoms with Gasteiger partial charge >= 0.3 is 0 Å². The van der Waals surface area contributed by atoms with Gasteiger partial charge in [0.1, 0.15) is 5.75 Å². The highest BCUT2D eigenvalue weighted by Crippen LogP contribution is 2.31. The lowest BCUT2D eigenvalue weighted by Gasteiger charge is -2.29. The van der Waals surface area contributed by atoms with Crippen LogP contribution in [0.5, 0.6) is 11.6 Å². The van der Waals surface area contributed by atoms with Crippen LogP contribution in [0.15, 0.2) is 59.7 Å². The number of carbonyl (C=O) groups excluding carboxylic acids is 1. The van der Waals surface area contributed by atoms with Crippen LogP contribution in [0.25, 0.3) is 22.8 Å². The van der Waals surface area contributed by atoms with Gasteiger partial charge in [0, 0.05) is 42.2 Å². The summed E-state index contributed by atoms with van der Waals surface area (Å²) in [6.45, 7) is 0.785. The normalized spacial score (nSPS) is 13.4. The standard InChI is InChI=1S/C28H29ClN6O4/c1-38-23-9-7-19(17-22(23)29)26-32-25(18-11-13-30-14-12-18)33-35(26)16-15-34(20-5-3-4-6-20)28(37)21-8-10-24(36)31-27(21)39-2/h7-14,17,20H,3-6,15-16H2,1-2H3,(H,31,36). The highest BCUT2D eigenvalue weighted by Gasteiger charge is 2.30. The van der Waals surface area contributed by atoms with Crippen molar-refractivity contribution in [1.82, 2.24) is 29.6 Å². The number of methoxy groups -OCH3 is 2. The minimum atomic E-state index is -0.329. The minimum Gasteiger partial charge on any atom is -0.495 e. The van der Waals surface area contributed by atoms with Gasteiger partial charge in [0.25, 0.3) is 11.5 Å². The number of H-pyrrole nitrogens is 1. The van der Waals surface area contributed by atoms with E-state index in [9.17, 15) is 9.59 Å². The number of hydrogen-bond acceptors (Lipinski definition) is 7. The van der Waals surface area contributed by atoms with E-state index in [2.05, 4.69) is 9.97 Å². The number of pyridine rings is 2. The number of amides is 1. The van der Waals surface area contributed by atoms with Gasteiger partial charge in [-0.25, -0.2) is 9.67 Å². The molecule has 1 fully saturated rings. The van der Waals surface area contributed by atoms with E-state index in [1.54, 1.807) is 36.3 Å². The van der Waals surface area contributed by atoms with Gasteiger partial charge in [-0.1, -0.05) is 24.4 Å². The quantitative estimate of drug-likeness (QED) is 0.328. The first-order valence-electron chi connectivity index (χ1n) is 12.8. The second-order valence-corrected chi connectivity index (χ2v) is 9.68. The summed E-state index contributed by atoms with van der Waals surface area (Å²) in [6.07, 6.45) is 7.33. The zero-order valence-electron chi connectivity index (χ0n) is 21.8. The summed E-state index contributed by atoms with van der Waals surface area (Å²) < 4.78 is 12.4. The zero-order valence-corrected chi connectivity index (χ0v) is 22.5. The lowest BCUT2D eigenvalue weighted by Crippen LogP contribution is -2.41. The molecule has 1 aromatic carbocycles. The first-order valence-corrected chi connectivity index (χ1v) is 13.1. The van der Waals surface area contributed by atoms with Gasteiger partial charge in [-0.3, -0.25) is 19.6 Å². The predicted octanol–water partition coefficient (Wildman–Crippen LogP) is 4.45. The van der Waals surface area contributed by atoms with Gasteiger partial charge in [0.05, 0.1) is 31.4 Å². The molecule has 1 aliphatic rings. The van der Waals surface area contributed by atoms with Crippen molar-refractivity contribution >= 4 is 17.5 Å². The van der Waals surface area contributed by atoms with Crippen molar-refractivity contribution in [2.24, 2.45) is 0 Å². The second-order valence-electron chi connectivity index (χ2n) is 9.27. The van der Waals surface area contributed by atoms with E-state index in [0.717, 1.165) is 36.8 Å². The van der Waals surface area contributed by atoms with Gasteiger partial charge in [0.15, 0.2) is 11.6 Å². The topological polar surface area (TPSA) is 115 Å². The van der Waals surface area contributed by atoms with Crippen molar-refractivity contribution in [3.63, 3.8) is 0 Å². The van der Waals surface area contributed by atoms with E-state index < -0.39 is 0 Å². The molecule has 1 amide bonds. The molecule has 3 heterocycles. The number of nitrogens with zero attached hydrogens (tertiary/aromatic N) is 5. The third kappa shape index (κ3) is 5.65. The molecule has 4 aromatic rings. The Morgan fingerprint density at radius 2 is 1.85 bits per heavy atom. The van der Waals surface area contributed by atoms with Crippen LogP contribution >= 0.6 is 11.6 Å². The Morgan fingerprint density at radius 3 is 2.54 bits per heavy atom. The Kier molecular flexibility index (Phi) is 7.92. The zero-order chi connectivity index (χ0) is 27.4. The fourth-order valence-corrected chi connectivity index (χ4v) is 5.21. The van der Waals surface area contributed by atoms with E-state index >= 15 is 0 Å². The van der Waals surface area contributed by atoms with Crippen LogP contribution in [0, 0.1) is 0 Å². The Labute approximate surface area is 230 Å². The maximum absolute atomic E-state index is 13.8. The summed E-state index contributed by atoms with van der Waals surface area (Å²) in [4.78, 5) is 39.0. The SMILES string of the molecule is COc1ccc(-c2nc(-c3ccncc3)nn2CCN(C(=O)c2ccc(=O)[nH]c2OC)C2CCCC2)cc1Cl. The Hall–Kier alpha value is -4.18. The second kappa shape index (κ2) is 11.7. The van der Waals surface area contributed by atoms with E-state index in [1.165, 1.54) is 19.2 Å². The largest absolute Gasteiger partial charge is 0.495 e. The smallest absolute Gasteiger partial charge is 0.259 e. The molecule has 0 aliphatic heterocycles. The summed E-state index contributed by atoms with van der Waals surface area (Å²) in [5.74, 6) is 1.68. The number of halogens is 1. The minimum absolute atomic E-state index is 0.0798. The third-order valence-corrected chi connectivity index (χ3v) is 7.21. The Balaban J connectivity index is 1.50. The van der Waals surface area contributed by atoms with Gasteiger partial charge in [0.2, 0.25) is 5.88 Å². The van der Waals surface area contributed by atoms with Crippen molar-refractivity contribution in [3.05, 3.63) is 75.8 Å². The summed E-state index contributed by atoms with van der Waals surface area (Å²) in [7, 11) is 3.00. The van der Waals surface area contributed by atoms with Crippen LogP contribution in [0.3, 0.4) is 0 Å². The monoisotopic (exact) mass is 548 g/mol. The molecular weight excluding hydrogens is 520 g/mol. The number of aromatic nitrogens is 5. The van der Waals surface area contributed by atoms with Crippen molar-refractivity contribution in [1.29, 1.82) is 0 Å². The van der Waals surface area contributed by atoms with E-state index in [0.29, 0.717) is 41.1 Å². The van der Waals surface area contributed by atoms with E-state index in [-0.39, 0.29) is 23.4 Å². The molecule has 0 spiro atoms. The van der Waals surface area contributed by atoms with E-state index in [1.807, 2.05) is 23.1 Å². The molecule has 0 atom stereocenters.